The molecule has 1 aliphatic heterocycles. The molecule has 20 heavy (non-hydrogen) atoms. The van der Waals surface area contributed by atoms with E-state index in [9.17, 15) is 13.2 Å². The number of aromatic carboxylic acids is 1. The second-order valence-electron chi connectivity index (χ2n) is 4.83. The van der Waals surface area contributed by atoms with Crippen LogP contribution in [0.5, 0.6) is 0 Å². The number of sulfonamides is 1. The highest BCUT2D eigenvalue weighted by atomic mass is 32.2. The number of carbonyl (C=O) groups is 1. The van der Waals surface area contributed by atoms with Gasteiger partial charge in [-0.25, -0.2) is 13.2 Å². The van der Waals surface area contributed by atoms with E-state index in [0.717, 1.165) is 0 Å². The van der Waals surface area contributed by atoms with Crippen LogP contribution in [0.1, 0.15) is 22.8 Å². The summed E-state index contributed by atoms with van der Waals surface area (Å²) in [6.45, 7) is 4.40. The van der Waals surface area contributed by atoms with Gasteiger partial charge in [-0.2, -0.15) is 4.31 Å². The molecule has 1 aliphatic rings. The normalized spacial score (nSPS) is 20.8. The Balaban J connectivity index is 2.48. The lowest BCUT2D eigenvalue weighted by molar-refractivity contribution is 0.0392. The largest absolute Gasteiger partial charge is 0.478 e. The maximum atomic E-state index is 12.7. The van der Waals surface area contributed by atoms with Gasteiger partial charge >= 0.3 is 5.97 Å². The lowest BCUT2D eigenvalue weighted by Gasteiger charge is -2.32. The van der Waals surface area contributed by atoms with E-state index in [1.165, 1.54) is 22.5 Å². The van der Waals surface area contributed by atoms with E-state index < -0.39 is 16.0 Å². The first-order valence-corrected chi connectivity index (χ1v) is 7.71. The molecule has 0 radical (unpaired) electrons. The third-order valence-corrected chi connectivity index (χ3v) is 5.48. The molecule has 2 rings (SSSR count). The summed E-state index contributed by atoms with van der Waals surface area (Å²) in [6, 6.07) is 3.87. The van der Waals surface area contributed by atoms with Gasteiger partial charge in [0.25, 0.3) is 0 Å². The number of carboxylic acids is 1. The van der Waals surface area contributed by atoms with Crippen molar-refractivity contribution in [3.63, 3.8) is 0 Å². The van der Waals surface area contributed by atoms with E-state index in [1.54, 1.807) is 13.8 Å². The van der Waals surface area contributed by atoms with Crippen molar-refractivity contribution in [2.45, 2.75) is 24.8 Å². The van der Waals surface area contributed by atoms with Crippen LogP contribution in [-0.4, -0.2) is 49.6 Å². The number of aryl methyl sites for hydroxylation is 1. The molecule has 0 saturated carbocycles. The van der Waals surface area contributed by atoms with Crippen molar-refractivity contribution in [3.05, 3.63) is 29.3 Å². The van der Waals surface area contributed by atoms with Gasteiger partial charge in [0, 0.05) is 12.6 Å². The molecule has 1 fully saturated rings. The van der Waals surface area contributed by atoms with Crippen LogP contribution < -0.4 is 0 Å². The summed E-state index contributed by atoms with van der Waals surface area (Å²) in [6.07, 6.45) is 0. The highest BCUT2D eigenvalue weighted by Gasteiger charge is 2.32. The number of hydrogen-bond donors (Lipinski definition) is 1. The van der Waals surface area contributed by atoms with Gasteiger partial charge < -0.3 is 9.84 Å². The quantitative estimate of drug-likeness (QED) is 0.903. The first kappa shape index (κ1) is 15.0. The molecule has 1 heterocycles. The van der Waals surface area contributed by atoms with Crippen molar-refractivity contribution < 1.29 is 23.1 Å². The van der Waals surface area contributed by atoms with Gasteiger partial charge in [-0.3, -0.25) is 0 Å². The summed E-state index contributed by atoms with van der Waals surface area (Å²) < 4.78 is 31.9. The summed E-state index contributed by atoms with van der Waals surface area (Å²) in [5.41, 5.74) is 0.503. The van der Waals surface area contributed by atoms with Crippen LogP contribution in [0.3, 0.4) is 0 Å². The minimum Gasteiger partial charge on any atom is -0.478 e. The highest BCUT2D eigenvalue weighted by molar-refractivity contribution is 7.89. The number of ether oxygens (including phenoxy) is 1. The number of hydrogen-bond acceptors (Lipinski definition) is 4. The predicted octanol–water partition coefficient (Wildman–Crippen LogP) is 1.10. The smallest absolute Gasteiger partial charge is 0.335 e. The van der Waals surface area contributed by atoms with Crippen LogP contribution in [0.25, 0.3) is 0 Å². The number of rotatable bonds is 3. The summed E-state index contributed by atoms with van der Waals surface area (Å²) in [4.78, 5) is 11.1. The van der Waals surface area contributed by atoms with Crippen LogP contribution in [0, 0.1) is 6.92 Å². The Morgan fingerprint density at radius 3 is 2.75 bits per heavy atom. The third kappa shape index (κ3) is 2.70. The van der Waals surface area contributed by atoms with E-state index in [4.69, 9.17) is 9.84 Å². The van der Waals surface area contributed by atoms with Crippen LogP contribution in [0.15, 0.2) is 23.1 Å². The number of benzene rings is 1. The summed E-state index contributed by atoms with van der Waals surface area (Å²) in [5, 5.41) is 9.00. The van der Waals surface area contributed by atoms with E-state index in [1.807, 2.05) is 0 Å². The predicted molar refractivity (Wildman–Crippen MR) is 72.3 cm³/mol. The van der Waals surface area contributed by atoms with E-state index in [0.29, 0.717) is 18.8 Å². The van der Waals surface area contributed by atoms with Crippen LogP contribution in [0.4, 0.5) is 0 Å². The fourth-order valence-electron chi connectivity index (χ4n) is 2.21. The zero-order valence-corrected chi connectivity index (χ0v) is 12.2. The molecule has 1 unspecified atom stereocenters. The standard InChI is InChI=1S/C13H17NO5S/c1-9-3-4-11(13(15)16)7-12(9)20(17,18)14-5-6-19-8-10(14)2/h3-4,7,10H,5-6,8H2,1-2H3,(H,15,16). The number of morpholine rings is 1. The van der Waals surface area contributed by atoms with E-state index >= 15 is 0 Å². The lowest BCUT2D eigenvalue weighted by atomic mass is 10.1. The zero-order chi connectivity index (χ0) is 14.9. The average molecular weight is 299 g/mol. The van der Waals surface area contributed by atoms with Crippen molar-refractivity contribution in [2.24, 2.45) is 0 Å². The van der Waals surface area contributed by atoms with Gasteiger partial charge in [0.1, 0.15) is 0 Å². The topological polar surface area (TPSA) is 83.9 Å². The van der Waals surface area contributed by atoms with Gasteiger partial charge in [0.2, 0.25) is 10.0 Å². The van der Waals surface area contributed by atoms with Crippen LogP contribution >= 0.6 is 0 Å². The van der Waals surface area contributed by atoms with Gasteiger partial charge in [-0.05, 0) is 31.5 Å². The Morgan fingerprint density at radius 1 is 1.45 bits per heavy atom. The second-order valence-corrected chi connectivity index (χ2v) is 6.68. The summed E-state index contributed by atoms with van der Waals surface area (Å²) >= 11 is 0. The minimum atomic E-state index is -3.71. The Morgan fingerprint density at radius 2 is 2.15 bits per heavy atom. The molecular formula is C13H17NO5S. The third-order valence-electron chi connectivity index (χ3n) is 3.33. The molecule has 0 spiro atoms. The van der Waals surface area contributed by atoms with E-state index in [-0.39, 0.29) is 23.0 Å². The minimum absolute atomic E-state index is 0.0323. The Bertz CT molecular complexity index is 626. The van der Waals surface area contributed by atoms with Crippen LogP contribution in [0.2, 0.25) is 0 Å². The van der Waals surface area contributed by atoms with Crippen LogP contribution in [-0.2, 0) is 14.8 Å². The summed E-state index contributed by atoms with van der Waals surface area (Å²) in [7, 11) is -3.71. The summed E-state index contributed by atoms with van der Waals surface area (Å²) in [5.74, 6) is -1.14. The molecule has 0 aromatic heterocycles. The lowest BCUT2D eigenvalue weighted by Crippen LogP contribution is -2.47. The fourth-order valence-corrected chi connectivity index (χ4v) is 4.06. The first-order valence-electron chi connectivity index (χ1n) is 6.27. The van der Waals surface area contributed by atoms with Crippen molar-refractivity contribution in [3.8, 4) is 0 Å². The molecule has 0 bridgehead atoms. The zero-order valence-electron chi connectivity index (χ0n) is 11.4. The SMILES string of the molecule is Cc1ccc(C(=O)O)cc1S(=O)(=O)N1CCOCC1C. The van der Waals surface area contributed by atoms with Gasteiger partial charge in [-0.15, -0.1) is 0 Å². The van der Waals surface area contributed by atoms with Gasteiger partial charge in [-0.1, -0.05) is 6.07 Å². The Labute approximate surface area is 118 Å². The first-order chi connectivity index (χ1) is 9.34. The second kappa shape index (κ2) is 5.51. The molecule has 110 valence electrons. The number of nitrogens with zero attached hydrogens (tertiary/aromatic N) is 1. The number of carboxylic acid groups (broad SMARTS) is 1. The molecule has 0 amide bonds. The van der Waals surface area contributed by atoms with Gasteiger partial charge in [0.05, 0.1) is 23.7 Å². The molecule has 6 nitrogen and oxygen atoms in total. The highest BCUT2D eigenvalue weighted by Crippen LogP contribution is 2.24. The molecule has 1 saturated heterocycles. The molecule has 7 heteroatoms. The fraction of sp³-hybridized carbons (Fsp3) is 0.462. The monoisotopic (exact) mass is 299 g/mol. The van der Waals surface area contributed by atoms with Crippen molar-refractivity contribution in [1.29, 1.82) is 0 Å². The Hall–Kier alpha value is -1.44. The van der Waals surface area contributed by atoms with Crippen molar-refractivity contribution in [1.82, 2.24) is 4.31 Å². The molecule has 0 aliphatic carbocycles. The van der Waals surface area contributed by atoms with Gasteiger partial charge in [0.15, 0.2) is 0 Å². The Kier molecular flexibility index (Phi) is 4.12. The van der Waals surface area contributed by atoms with Crippen molar-refractivity contribution >= 4 is 16.0 Å². The molecule has 1 N–H and O–H groups in total. The van der Waals surface area contributed by atoms with Crippen molar-refractivity contribution in [2.75, 3.05) is 19.8 Å². The molecule has 1 atom stereocenters. The average Bonchev–Trinajstić information content (AvgIpc) is 2.39. The molecule has 1 aromatic rings. The molecular weight excluding hydrogens is 282 g/mol. The molecule has 1 aromatic carbocycles. The maximum absolute atomic E-state index is 12.7. The maximum Gasteiger partial charge on any atom is 0.335 e. The van der Waals surface area contributed by atoms with E-state index in [2.05, 4.69) is 0 Å².